The Labute approximate surface area is 135 Å². The predicted molar refractivity (Wildman–Crippen MR) is 88.7 cm³/mol. The topological polar surface area (TPSA) is 79.5 Å². The Kier molecular flexibility index (Phi) is 4.78. The van der Waals surface area contributed by atoms with Gasteiger partial charge in [0.15, 0.2) is 0 Å². The minimum atomic E-state index is -0.929. The molecule has 2 N–H and O–H groups in total. The van der Waals surface area contributed by atoms with E-state index in [1.165, 1.54) is 6.26 Å². The lowest BCUT2D eigenvalue weighted by molar-refractivity contribution is -0.149. The van der Waals surface area contributed by atoms with Crippen molar-refractivity contribution < 1.29 is 19.1 Å². The van der Waals surface area contributed by atoms with Crippen LogP contribution in [-0.2, 0) is 4.79 Å². The van der Waals surface area contributed by atoms with Crippen molar-refractivity contribution in [2.45, 2.75) is 40.5 Å². The van der Waals surface area contributed by atoms with Crippen molar-refractivity contribution in [2.75, 3.05) is 6.54 Å². The highest BCUT2D eigenvalue weighted by atomic mass is 16.4. The zero-order valence-electron chi connectivity index (χ0n) is 14.0. The quantitative estimate of drug-likeness (QED) is 0.852. The second kappa shape index (κ2) is 6.44. The van der Waals surface area contributed by atoms with Gasteiger partial charge in [-0.25, -0.2) is 0 Å². The van der Waals surface area contributed by atoms with Crippen LogP contribution in [0.5, 0.6) is 0 Å². The van der Waals surface area contributed by atoms with E-state index in [0.717, 1.165) is 16.5 Å². The van der Waals surface area contributed by atoms with E-state index in [0.29, 0.717) is 24.0 Å². The van der Waals surface area contributed by atoms with Gasteiger partial charge in [0.05, 0.1) is 11.0 Å². The molecule has 5 heteroatoms. The molecule has 23 heavy (non-hydrogen) atoms. The maximum absolute atomic E-state index is 12.5. The van der Waals surface area contributed by atoms with Gasteiger partial charge in [0.2, 0.25) is 0 Å². The molecule has 0 aliphatic heterocycles. The summed E-state index contributed by atoms with van der Waals surface area (Å²) in [7, 11) is 0. The molecule has 5 nitrogen and oxygen atoms in total. The summed E-state index contributed by atoms with van der Waals surface area (Å²) in [5.74, 6) is -1.19. The number of carboxylic acid groups (broad SMARTS) is 1. The van der Waals surface area contributed by atoms with Crippen molar-refractivity contribution in [2.24, 2.45) is 5.41 Å². The summed E-state index contributed by atoms with van der Waals surface area (Å²) in [5.41, 5.74) is 2.35. The summed E-state index contributed by atoms with van der Waals surface area (Å²) < 4.78 is 5.46. The monoisotopic (exact) mass is 317 g/mol. The second-order valence-corrected chi connectivity index (χ2v) is 6.06. The van der Waals surface area contributed by atoms with E-state index in [1.807, 2.05) is 39.8 Å². The number of aliphatic carboxylic acids is 1. The van der Waals surface area contributed by atoms with E-state index in [2.05, 4.69) is 5.32 Å². The van der Waals surface area contributed by atoms with Crippen molar-refractivity contribution in [1.82, 2.24) is 5.32 Å². The van der Waals surface area contributed by atoms with E-state index in [9.17, 15) is 14.7 Å². The third-order valence-electron chi connectivity index (χ3n) is 4.83. The second-order valence-electron chi connectivity index (χ2n) is 6.06. The van der Waals surface area contributed by atoms with Gasteiger partial charge in [-0.3, -0.25) is 9.59 Å². The summed E-state index contributed by atoms with van der Waals surface area (Å²) in [6.07, 6.45) is 2.35. The summed E-state index contributed by atoms with van der Waals surface area (Å²) in [4.78, 5) is 24.0. The smallest absolute Gasteiger partial charge is 0.311 e. The minimum Gasteiger partial charge on any atom is -0.481 e. The Bertz CT molecular complexity index is 741. The minimum absolute atomic E-state index is 0.103. The number of carboxylic acids is 1. The van der Waals surface area contributed by atoms with E-state index < -0.39 is 11.4 Å². The number of aryl methyl sites for hydroxylation is 2. The molecule has 0 bridgehead atoms. The van der Waals surface area contributed by atoms with Gasteiger partial charge in [-0.2, -0.15) is 0 Å². The van der Waals surface area contributed by atoms with E-state index >= 15 is 0 Å². The molecule has 0 fully saturated rings. The number of carbonyl (C=O) groups excluding carboxylic acids is 1. The van der Waals surface area contributed by atoms with Gasteiger partial charge in [0, 0.05) is 11.9 Å². The fourth-order valence-electron chi connectivity index (χ4n) is 2.68. The number of benzene rings is 1. The SMILES string of the molecule is CCC(CC)(CNC(=O)c1coc2cc(C)c(C)cc12)C(=O)O. The van der Waals surface area contributed by atoms with Crippen molar-refractivity contribution in [1.29, 1.82) is 0 Å². The maximum atomic E-state index is 12.5. The van der Waals surface area contributed by atoms with Crippen LogP contribution in [0.15, 0.2) is 22.8 Å². The number of hydrogen-bond donors (Lipinski definition) is 2. The lowest BCUT2D eigenvalue weighted by Gasteiger charge is -2.26. The molecule has 1 aromatic heterocycles. The Morgan fingerprint density at radius 2 is 1.78 bits per heavy atom. The Balaban J connectivity index is 2.25. The lowest BCUT2D eigenvalue weighted by Crippen LogP contribution is -2.42. The van der Waals surface area contributed by atoms with E-state index in [4.69, 9.17) is 4.42 Å². The van der Waals surface area contributed by atoms with Crippen LogP contribution in [0, 0.1) is 19.3 Å². The zero-order valence-corrected chi connectivity index (χ0v) is 14.0. The van der Waals surface area contributed by atoms with Crippen LogP contribution in [0.4, 0.5) is 0 Å². The van der Waals surface area contributed by atoms with Gasteiger partial charge >= 0.3 is 5.97 Å². The summed E-state index contributed by atoms with van der Waals surface area (Å²) in [6.45, 7) is 7.71. The maximum Gasteiger partial charge on any atom is 0.311 e. The van der Waals surface area contributed by atoms with Gasteiger partial charge in [-0.1, -0.05) is 13.8 Å². The standard InChI is InChI=1S/C18H23NO4/c1-5-18(6-2,17(21)22)10-19-16(20)14-9-23-15-8-12(4)11(3)7-13(14)15/h7-9H,5-6,10H2,1-4H3,(H,19,20)(H,21,22). The molecule has 0 atom stereocenters. The summed E-state index contributed by atoms with van der Waals surface area (Å²) in [6, 6.07) is 3.83. The van der Waals surface area contributed by atoms with E-state index in [1.54, 1.807) is 0 Å². The van der Waals surface area contributed by atoms with Gasteiger partial charge in [-0.15, -0.1) is 0 Å². The average Bonchev–Trinajstić information content (AvgIpc) is 2.91. The molecule has 0 saturated heterocycles. The largest absolute Gasteiger partial charge is 0.481 e. The molecular weight excluding hydrogens is 294 g/mol. The molecule has 0 saturated carbocycles. The molecule has 124 valence electrons. The molecule has 0 unspecified atom stereocenters. The van der Waals surface area contributed by atoms with Crippen LogP contribution < -0.4 is 5.32 Å². The highest BCUT2D eigenvalue weighted by Crippen LogP contribution is 2.27. The van der Waals surface area contributed by atoms with Crippen LogP contribution in [0.3, 0.4) is 0 Å². The molecule has 2 aromatic rings. The molecule has 0 aliphatic rings. The lowest BCUT2D eigenvalue weighted by atomic mass is 9.82. The predicted octanol–water partition coefficient (Wildman–Crippen LogP) is 3.67. The molecule has 0 aliphatic carbocycles. The number of furan rings is 1. The Hall–Kier alpha value is -2.30. The molecule has 1 aromatic carbocycles. The molecule has 0 radical (unpaired) electrons. The highest BCUT2D eigenvalue weighted by Gasteiger charge is 2.35. The fourth-order valence-corrected chi connectivity index (χ4v) is 2.68. The zero-order chi connectivity index (χ0) is 17.2. The van der Waals surface area contributed by atoms with Crippen LogP contribution in [0.1, 0.15) is 48.2 Å². The van der Waals surface area contributed by atoms with Gasteiger partial charge in [-0.05, 0) is 49.9 Å². The first-order valence-corrected chi connectivity index (χ1v) is 7.84. The number of carbonyl (C=O) groups is 2. The fraction of sp³-hybridized carbons (Fsp3) is 0.444. The third-order valence-corrected chi connectivity index (χ3v) is 4.83. The van der Waals surface area contributed by atoms with Crippen LogP contribution in [-0.4, -0.2) is 23.5 Å². The molecule has 2 rings (SSSR count). The van der Waals surface area contributed by atoms with Crippen molar-refractivity contribution in [3.63, 3.8) is 0 Å². The van der Waals surface area contributed by atoms with Gasteiger partial charge in [0.1, 0.15) is 11.8 Å². The number of hydrogen-bond acceptors (Lipinski definition) is 3. The number of amides is 1. The molecular formula is C18H23NO4. The number of nitrogens with one attached hydrogen (secondary N) is 1. The highest BCUT2D eigenvalue weighted by molar-refractivity contribution is 6.06. The third kappa shape index (κ3) is 3.09. The number of rotatable bonds is 6. The van der Waals surface area contributed by atoms with Crippen LogP contribution in [0.2, 0.25) is 0 Å². The van der Waals surface area contributed by atoms with Crippen molar-refractivity contribution in [3.8, 4) is 0 Å². The first-order valence-electron chi connectivity index (χ1n) is 7.84. The van der Waals surface area contributed by atoms with Crippen LogP contribution >= 0.6 is 0 Å². The van der Waals surface area contributed by atoms with Crippen LogP contribution in [0.25, 0.3) is 11.0 Å². The first-order chi connectivity index (χ1) is 10.8. The van der Waals surface area contributed by atoms with Crippen molar-refractivity contribution >= 4 is 22.8 Å². The Morgan fingerprint density at radius 3 is 2.35 bits per heavy atom. The summed E-state index contributed by atoms with van der Waals surface area (Å²) in [5, 5.41) is 12.9. The number of fused-ring (bicyclic) bond motifs is 1. The van der Waals surface area contributed by atoms with E-state index in [-0.39, 0.29) is 12.5 Å². The summed E-state index contributed by atoms with van der Waals surface area (Å²) >= 11 is 0. The molecule has 0 spiro atoms. The molecule has 1 amide bonds. The molecule has 1 heterocycles. The van der Waals surface area contributed by atoms with Gasteiger partial charge in [0.25, 0.3) is 5.91 Å². The average molecular weight is 317 g/mol. The normalized spacial score (nSPS) is 11.7. The van der Waals surface area contributed by atoms with Gasteiger partial charge < -0.3 is 14.8 Å². The van der Waals surface area contributed by atoms with Crippen molar-refractivity contribution in [3.05, 3.63) is 35.1 Å². The Morgan fingerprint density at radius 1 is 1.17 bits per heavy atom. The first kappa shape index (κ1) is 17.1.